The van der Waals surface area contributed by atoms with Crippen LogP contribution in [0.5, 0.6) is 0 Å². The van der Waals surface area contributed by atoms with Crippen molar-refractivity contribution in [1.29, 1.82) is 0 Å². The summed E-state index contributed by atoms with van der Waals surface area (Å²) in [5.41, 5.74) is 1.18. The molecule has 0 radical (unpaired) electrons. The first-order chi connectivity index (χ1) is 11.8. The lowest BCUT2D eigenvalue weighted by Gasteiger charge is -2.24. The summed E-state index contributed by atoms with van der Waals surface area (Å²) in [4.78, 5) is 0.315. The molecule has 0 N–H and O–H groups in total. The monoisotopic (exact) mass is 379 g/mol. The van der Waals surface area contributed by atoms with Crippen LogP contribution < -0.4 is 0 Å². The van der Waals surface area contributed by atoms with Crippen LogP contribution >= 0.6 is 0 Å². The highest BCUT2D eigenvalue weighted by atomic mass is 32.2. The number of aryl methyl sites for hydroxylation is 2. The van der Waals surface area contributed by atoms with E-state index < -0.39 is 10.0 Å². The van der Waals surface area contributed by atoms with Crippen LogP contribution in [0.15, 0.2) is 23.5 Å². The van der Waals surface area contributed by atoms with Crippen molar-refractivity contribution in [3.05, 3.63) is 29.8 Å². The van der Waals surface area contributed by atoms with Crippen LogP contribution in [0.4, 0.5) is 0 Å². The summed E-state index contributed by atoms with van der Waals surface area (Å²) in [6.07, 6.45) is 5.45. The first kappa shape index (κ1) is 19.1. The van der Waals surface area contributed by atoms with E-state index in [2.05, 4.69) is 24.0 Å². The molecule has 0 aliphatic carbocycles. The Hall–Kier alpha value is -1.67. The highest BCUT2D eigenvalue weighted by molar-refractivity contribution is 7.89. The molecular formula is C18H29N5O2S. The van der Waals surface area contributed by atoms with E-state index in [4.69, 9.17) is 0 Å². The van der Waals surface area contributed by atoms with Crippen molar-refractivity contribution < 1.29 is 8.42 Å². The van der Waals surface area contributed by atoms with Gasteiger partial charge in [0.1, 0.15) is 4.90 Å². The van der Waals surface area contributed by atoms with Crippen molar-refractivity contribution in [2.45, 2.75) is 50.8 Å². The third kappa shape index (κ3) is 3.20. The largest absolute Gasteiger partial charge is 0.276 e. The molecule has 1 atom stereocenters. The van der Waals surface area contributed by atoms with Crippen molar-refractivity contribution in [2.75, 3.05) is 13.1 Å². The number of nitrogens with zero attached hydrogens (tertiary/aromatic N) is 5. The second-order valence-corrected chi connectivity index (χ2v) is 11.0. The minimum Gasteiger partial charge on any atom is -0.276 e. The van der Waals surface area contributed by atoms with Crippen LogP contribution in [0.25, 0.3) is 0 Å². The van der Waals surface area contributed by atoms with Gasteiger partial charge >= 0.3 is 0 Å². The number of aromatic nitrogens is 4. The summed E-state index contributed by atoms with van der Waals surface area (Å²) in [7, 11) is 0.0306. The zero-order chi connectivity index (χ0) is 19.5. The maximum Gasteiger partial charge on any atom is 0.246 e. The number of hydrogen-bond donors (Lipinski definition) is 0. The number of sulfonamides is 1. The third-order valence-corrected chi connectivity index (χ3v) is 6.98. The molecule has 2 aromatic rings. The molecular weight excluding hydrogens is 350 g/mol. The fourth-order valence-electron chi connectivity index (χ4n) is 3.75. The molecule has 0 bridgehead atoms. The predicted molar refractivity (Wildman–Crippen MR) is 100 cm³/mol. The summed E-state index contributed by atoms with van der Waals surface area (Å²) < 4.78 is 31.8. The lowest BCUT2D eigenvalue weighted by Crippen LogP contribution is -2.32. The first-order valence-corrected chi connectivity index (χ1v) is 10.3. The van der Waals surface area contributed by atoms with Gasteiger partial charge in [0.25, 0.3) is 0 Å². The second-order valence-electron chi connectivity index (χ2n) is 9.05. The molecule has 0 saturated carbocycles. The maximum absolute atomic E-state index is 13.4. The predicted octanol–water partition coefficient (Wildman–Crippen LogP) is 2.27. The van der Waals surface area contributed by atoms with Gasteiger partial charge in [0.05, 0.1) is 11.9 Å². The zero-order valence-electron chi connectivity index (χ0n) is 16.7. The van der Waals surface area contributed by atoms with Gasteiger partial charge in [-0.2, -0.15) is 14.5 Å². The minimum absolute atomic E-state index is 0.112. The van der Waals surface area contributed by atoms with Crippen molar-refractivity contribution in [3.63, 3.8) is 0 Å². The van der Waals surface area contributed by atoms with E-state index in [0.717, 1.165) is 5.56 Å². The number of rotatable bonds is 3. The lowest BCUT2D eigenvalue weighted by atomic mass is 9.79. The summed E-state index contributed by atoms with van der Waals surface area (Å²) in [5, 5.41) is 8.69. The van der Waals surface area contributed by atoms with E-state index >= 15 is 0 Å². The van der Waals surface area contributed by atoms with Gasteiger partial charge in [-0.3, -0.25) is 9.36 Å². The van der Waals surface area contributed by atoms with Crippen molar-refractivity contribution >= 4 is 10.0 Å². The summed E-state index contributed by atoms with van der Waals surface area (Å²) >= 11 is 0. The van der Waals surface area contributed by atoms with E-state index in [9.17, 15) is 8.42 Å². The van der Waals surface area contributed by atoms with Gasteiger partial charge in [-0.15, -0.1) is 0 Å². The molecule has 144 valence electrons. The first-order valence-electron chi connectivity index (χ1n) is 8.85. The molecule has 1 saturated heterocycles. The van der Waals surface area contributed by atoms with Crippen LogP contribution in [0, 0.1) is 5.41 Å². The van der Waals surface area contributed by atoms with Gasteiger partial charge in [-0.1, -0.05) is 34.6 Å². The summed E-state index contributed by atoms with van der Waals surface area (Å²) in [6.45, 7) is 11.1. The molecule has 26 heavy (non-hydrogen) atoms. The van der Waals surface area contributed by atoms with E-state index in [1.807, 2.05) is 40.2 Å². The quantitative estimate of drug-likeness (QED) is 0.820. The maximum atomic E-state index is 13.4. The zero-order valence-corrected chi connectivity index (χ0v) is 17.5. The Bertz CT molecular complexity index is 918. The smallest absolute Gasteiger partial charge is 0.246 e. The Balaban J connectivity index is 2.00. The Morgan fingerprint density at radius 3 is 2.35 bits per heavy atom. The second kappa shape index (κ2) is 5.92. The molecule has 7 nitrogen and oxygen atoms in total. The van der Waals surface area contributed by atoms with E-state index in [0.29, 0.717) is 23.7 Å². The minimum atomic E-state index is -3.61. The van der Waals surface area contributed by atoms with Gasteiger partial charge in [0.2, 0.25) is 10.0 Å². The average Bonchev–Trinajstić information content (AvgIpc) is 3.15. The topological polar surface area (TPSA) is 73.0 Å². The Labute approximate surface area is 156 Å². The Morgan fingerprint density at radius 1 is 1.15 bits per heavy atom. The van der Waals surface area contributed by atoms with Gasteiger partial charge in [0.15, 0.2) is 0 Å². The molecule has 1 aliphatic rings. The lowest BCUT2D eigenvalue weighted by molar-refractivity contribution is 0.346. The molecule has 8 heteroatoms. The van der Waals surface area contributed by atoms with Crippen molar-refractivity contribution in [3.8, 4) is 0 Å². The molecule has 2 aromatic heterocycles. The van der Waals surface area contributed by atoms with E-state index in [1.165, 1.54) is 0 Å². The fraction of sp³-hybridized carbons (Fsp3) is 0.667. The van der Waals surface area contributed by atoms with Gasteiger partial charge in [-0.25, -0.2) is 8.42 Å². The average molecular weight is 380 g/mol. The summed E-state index contributed by atoms with van der Waals surface area (Å²) in [5.74, 6) is 0.112. The number of hydrogen-bond acceptors (Lipinski definition) is 4. The Kier molecular flexibility index (Phi) is 4.35. The standard InChI is InChI=1S/C18H29N5O2S/c1-17(2,3)16-15(11-22(7)20-16)26(24,25)23-10-14(18(4,5)12-23)13-8-19-21(6)9-13/h8-9,11,14H,10,12H2,1-7H3. The van der Waals surface area contributed by atoms with Crippen LogP contribution in [-0.2, 0) is 29.5 Å². The molecule has 1 aliphatic heterocycles. The molecule has 3 heterocycles. The Morgan fingerprint density at radius 2 is 1.81 bits per heavy atom. The van der Waals surface area contributed by atoms with E-state index in [-0.39, 0.29) is 16.7 Å². The molecule has 1 unspecified atom stereocenters. The van der Waals surface area contributed by atoms with Gasteiger partial charge in [0, 0.05) is 50.9 Å². The van der Waals surface area contributed by atoms with Crippen LogP contribution in [-0.4, -0.2) is 45.4 Å². The fourth-order valence-corrected chi connectivity index (χ4v) is 5.76. The third-order valence-electron chi connectivity index (χ3n) is 5.16. The highest BCUT2D eigenvalue weighted by Crippen LogP contribution is 2.44. The van der Waals surface area contributed by atoms with Crippen molar-refractivity contribution in [2.24, 2.45) is 19.5 Å². The van der Waals surface area contributed by atoms with Crippen LogP contribution in [0.3, 0.4) is 0 Å². The highest BCUT2D eigenvalue weighted by Gasteiger charge is 2.46. The van der Waals surface area contributed by atoms with Gasteiger partial charge < -0.3 is 0 Å². The van der Waals surface area contributed by atoms with Crippen molar-refractivity contribution in [1.82, 2.24) is 23.9 Å². The summed E-state index contributed by atoms with van der Waals surface area (Å²) in [6, 6.07) is 0. The van der Waals surface area contributed by atoms with E-state index in [1.54, 1.807) is 26.9 Å². The molecule has 0 aromatic carbocycles. The normalized spacial score (nSPS) is 21.4. The molecule has 0 spiro atoms. The molecule has 1 fully saturated rings. The molecule has 3 rings (SSSR count). The SMILES string of the molecule is Cn1cc(C2CN(S(=O)(=O)c3cn(C)nc3C(C)(C)C)CC2(C)C)cn1. The molecule has 0 amide bonds. The van der Waals surface area contributed by atoms with Gasteiger partial charge in [-0.05, 0) is 11.0 Å². The van der Waals surface area contributed by atoms with Crippen LogP contribution in [0.1, 0.15) is 51.8 Å². The van der Waals surface area contributed by atoms with Crippen LogP contribution in [0.2, 0.25) is 0 Å².